The Balaban J connectivity index is 3.39. The van der Waals surface area contributed by atoms with Gasteiger partial charge in [0.2, 0.25) is 0 Å². The summed E-state index contributed by atoms with van der Waals surface area (Å²) in [4.78, 5) is 0. The van der Waals surface area contributed by atoms with Crippen LogP contribution in [0.25, 0.3) is 0 Å². The molecule has 0 spiro atoms. The maximum atomic E-state index is 4.10. The van der Waals surface area contributed by atoms with E-state index in [9.17, 15) is 0 Å². The maximum Gasteiger partial charge on any atom is -0.0320 e. The quantitative estimate of drug-likeness (QED) is 0.474. The van der Waals surface area contributed by atoms with E-state index in [1.165, 1.54) is 37.7 Å². The second-order valence-electron chi connectivity index (χ2n) is 4.02. The molecule has 0 aliphatic rings. The molecule has 0 aromatic carbocycles. The minimum absolute atomic E-state index is 0.774. The first-order valence-corrected chi connectivity index (χ1v) is 5.48. The fourth-order valence-corrected chi connectivity index (χ4v) is 1.40. The molecule has 1 atom stereocenters. The highest BCUT2D eigenvalue weighted by atomic mass is 14.1. The van der Waals surface area contributed by atoms with Crippen molar-refractivity contribution in [2.45, 2.75) is 52.4 Å². The van der Waals surface area contributed by atoms with Crippen molar-refractivity contribution in [1.29, 1.82) is 0 Å². The van der Waals surface area contributed by atoms with Crippen molar-refractivity contribution in [2.75, 3.05) is 0 Å². The number of hydrogen-bond acceptors (Lipinski definition) is 0. The summed E-state index contributed by atoms with van der Waals surface area (Å²) in [6, 6.07) is 0. The van der Waals surface area contributed by atoms with Gasteiger partial charge in [0, 0.05) is 0 Å². The van der Waals surface area contributed by atoms with Crippen molar-refractivity contribution >= 4 is 0 Å². The number of allylic oxidation sites excluding steroid dienone is 2. The van der Waals surface area contributed by atoms with Crippen LogP contribution in [0.15, 0.2) is 24.8 Å². The molecule has 0 rings (SSSR count). The second kappa shape index (κ2) is 8.10. The number of rotatable bonds is 8. The molecular formula is C13H24. The van der Waals surface area contributed by atoms with Gasteiger partial charge in [0.1, 0.15) is 0 Å². The van der Waals surface area contributed by atoms with E-state index in [2.05, 4.69) is 27.0 Å². The van der Waals surface area contributed by atoms with Gasteiger partial charge in [-0.25, -0.2) is 0 Å². The smallest absolute Gasteiger partial charge is 0.0320 e. The van der Waals surface area contributed by atoms with Gasteiger partial charge in [-0.15, -0.1) is 6.58 Å². The molecule has 0 fully saturated rings. The van der Waals surface area contributed by atoms with Crippen molar-refractivity contribution in [1.82, 2.24) is 0 Å². The van der Waals surface area contributed by atoms with Gasteiger partial charge in [-0.1, -0.05) is 38.5 Å². The Kier molecular flexibility index (Phi) is 7.77. The Morgan fingerprint density at radius 2 is 2.08 bits per heavy atom. The molecule has 76 valence electrons. The summed E-state index contributed by atoms with van der Waals surface area (Å²) in [5, 5.41) is 0. The van der Waals surface area contributed by atoms with Gasteiger partial charge in [-0.2, -0.15) is 0 Å². The molecule has 0 amide bonds. The predicted octanol–water partition coefficient (Wildman–Crippen LogP) is 4.73. The molecule has 0 aromatic heterocycles. The lowest BCUT2D eigenvalue weighted by atomic mass is 9.97. The lowest BCUT2D eigenvalue weighted by Gasteiger charge is -2.09. The van der Waals surface area contributed by atoms with Gasteiger partial charge in [0.25, 0.3) is 0 Å². The zero-order valence-corrected chi connectivity index (χ0v) is 9.31. The molecule has 0 aromatic rings. The van der Waals surface area contributed by atoms with Gasteiger partial charge in [-0.3, -0.25) is 0 Å². The molecular weight excluding hydrogens is 156 g/mol. The molecule has 1 unspecified atom stereocenters. The average molecular weight is 180 g/mol. The Morgan fingerprint density at radius 1 is 1.38 bits per heavy atom. The molecule has 0 heterocycles. The zero-order valence-electron chi connectivity index (χ0n) is 9.31. The highest BCUT2D eigenvalue weighted by molar-refractivity contribution is 4.94. The van der Waals surface area contributed by atoms with E-state index < -0.39 is 0 Å². The van der Waals surface area contributed by atoms with Crippen molar-refractivity contribution in [2.24, 2.45) is 5.92 Å². The van der Waals surface area contributed by atoms with Crippen LogP contribution < -0.4 is 0 Å². The predicted molar refractivity (Wildman–Crippen MR) is 61.9 cm³/mol. The van der Waals surface area contributed by atoms with E-state index in [4.69, 9.17) is 0 Å². The largest absolute Gasteiger partial charge is 0.103 e. The van der Waals surface area contributed by atoms with Crippen LogP contribution >= 0.6 is 0 Å². The third kappa shape index (κ3) is 7.83. The van der Waals surface area contributed by atoms with E-state index >= 15 is 0 Å². The standard InChI is InChI=1S/C13H24/c1-5-7-9-13(4)11-10-12(3)8-6-2/h6,12H,2,4-5,7-11H2,1,3H3. The van der Waals surface area contributed by atoms with Crippen molar-refractivity contribution < 1.29 is 0 Å². The lowest BCUT2D eigenvalue weighted by Crippen LogP contribution is -1.93. The molecule has 0 saturated carbocycles. The van der Waals surface area contributed by atoms with Crippen LogP contribution in [-0.4, -0.2) is 0 Å². The molecule has 0 radical (unpaired) electrons. The number of unbranched alkanes of at least 4 members (excludes halogenated alkanes) is 1. The summed E-state index contributed by atoms with van der Waals surface area (Å²) in [5.74, 6) is 0.774. The maximum absolute atomic E-state index is 4.10. The summed E-state index contributed by atoms with van der Waals surface area (Å²) >= 11 is 0. The fourth-order valence-electron chi connectivity index (χ4n) is 1.40. The van der Waals surface area contributed by atoms with Gasteiger partial charge in [-0.05, 0) is 38.0 Å². The van der Waals surface area contributed by atoms with E-state index in [0.717, 1.165) is 12.3 Å². The second-order valence-corrected chi connectivity index (χ2v) is 4.02. The number of hydrogen-bond donors (Lipinski definition) is 0. The van der Waals surface area contributed by atoms with Crippen LogP contribution in [0.1, 0.15) is 52.4 Å². The highest BCUT2D eigenvalue weighted by Gasteiger charge is 2.00. The molecule has 13 heavy (non-hydrogen) atoms. The zero-order chi connectivity index (χ0) is 10.1. The van der Waals surface area contributed by atoms with E-state index in [0.29, 0.717) is 0 Å². The first kappa shape index (κ1) is 12.5. The van der Waals surface area contributed by atoms with Crippen molar-refractivity contribution in [3.63, 3.8) is 0 Å². The average Bonchev–Trinajstić information content (AvgIpc) is 2.12. The Labute approximate surface area is 83.7 Å². The molecule has 0 bridgehead atoms. The van der Waals surface area contributed by atoms with Crippen LogP contribution in [0, 0.1) is 5.92 Å². The van der Waals surface area contributed by atoms with Crippen LogP contribution in [0.3, 0.4) is 0 Å². The topological polar surface area (TPSA) is 0 Å². The summed E-state index contributed by atoms with van der Waals surface area (Å²) in [6.07, 6.45) is 9.43. The molecule has 0 saturated heterocycles. The molecule has 0 aliphatic carbocycles. The molecule has 0 aliphatic heterocycles. The lowest BCUT2D eigenvalue weighted by molar-refractivity contribution is 0.532. The summed E-state index contributed by atoms with van der Waals surface area (Å²) in [6.45, 7) is 12.4. The van der Waals surface area contributed by atoms with Crippen LogP contribution in [0.4, 0.5) is 0 Å². The Bertz CT molecular complexity index is 144. The summed E-state index contributed by atoms with van der Waals surface area (Å²) < 4.78 is 0. The summed E-state index contributed by atoms with van der Waals surface area (Å²) in [7, 11) is 0. The Morgan fingerprint density at radius 3 is 2.62 bits per heavy atom. The molecule has 0 heteroatoms. The molecule has 0 nitrogen and oxygen atoms in total. The van der Waals surface area contributed by atoms with Gasteiger partial charge in [0.05, 0.1) is 0 Å². The third-order valence-electron chi connectivity index (χ3n) is 2.44. The van der Waals surface area contributed by atoms with Gasteiger partial charge < -0.3 is 0 Å². The first-order chi connectivity index (χ1) is 6.20. The van der Waals surface area contributed by atoms with E-state index in [1.807, 2.05) is 6.08 Å². The third-order valence-corrected chi connectivity index (χ3v) is 2.44. The van der Waals surface area contributed by atoms with E-state index in [1.54, 1.807) is 0 Å². The Hall–Kier alpha value is -0.520. The first-order valence-electron chi connectivity index (χ1n) is 5.48. The summed E-state index contributed by atoms with van der Waals surface area (Å²) in [5.41, 5.74) is 1.43. The van der Waals surface area contributed by atoms with Gasteiger partial charge in [0.15, 0.2) is 0 Å². The van der Waals surface area contributed by atoms with Crippen LogP contribution in [-0.2, 0) is 0 Å². The minimum atomic E-state index is 0.774. The van der Waals surface area contributed by atoms with Gasteiger partial charge >= 0.3 is 0 Å². The van der Waals surface area contributed by atoms with E-state index in [-0.39, 0.29) is 0 Å². The van der Waals surface area contributed by atoms with Crippen molar-refractivity contribution in [3.8, 4) is 0 Å². The minimum Gasteiger partial charge on any atom is -0.103 e. The monoisotopic (exact) mass is 180 g/mol. The SMILES string of the molecule is C=CCC(C)CCC(=C)CCCC. The van der Waals surface area contributed by atoms with Crippen LogP contribution in [0.5, 0.6) is 0 Å². The normalized spacial score (nSPS) is 12.5. The molecule has 0 N–H and O–H groups in total. The highest BCUT2D eigenvalue weighted by Crippen LogP contribution is 2.17. The van der Waals surface area contributed by atoms with Crippen molar-refractivity contribution in [3.05, 3.63) is 24.8 Å². The van der Waals surface area contributed by atoms with Crippen LogP contribution in [0.2, 0.25) is 0 Å². The fraction of sp³-hybridized carbons (Fsp3) is 0.692.